The van der Waals surface area contributed by atoms with Crippen LogP contribution >= 0.6 is 0 Å². The normalized spacial score (nSPS) is 15.3. The highest BCUT2D eigenvalue weighted by molar-refractivity contribution is 5.78. The van der Waals surface area contributed by atoms with Crippen molar-refractivity contribution in [2.45, 2.75) is 199 Å². The minimum absolute atomic E-state index is 0.0801. The number of Topliss-reactive ketones (excluding diaryl/α,β-unsaturated/α-hetero) is 1. The molecule has 244 valence electrons. The van der Waals surface area contributed by atoms with Crippen molar-refractivity contribution in [1.29, 1.82) is 0 Å². The van der Waals surface area contributed by atoms with Crippen molar-refractivity contribution in [3.8, 4) is 0 Å². The minimum Gasteiger partial charge on any atom is -0.461 e. The first-order chi connectivity index (χ1) is 19.7. The van der Waals surface area contributed by atoms with E-state index in [4.69, 9.17) is 20.9 Å². The molecule has 0 unspecified atom stereocenters. The van der Waals surface area contributed by atoms with Gasteiger partial charge in [0.1, 0.15) is 11.9 Å². The molecule has 0 aliphatic rings. The first kappa shape index (κ1) is 40.0. The number of hydrogen-bond donors (Lipinski definition) is 3. The second-order valence-corrected chi connectivity index (χ2v) is 12.4. The van der Waals surface area contributed by atoms with Crippen LogP contribution in [0.15, 0.2) is 0 Å². The molecule has 41 heavy (non-hydrogen) atoms. The number of rotatable bonds is 30. The van der Waals surface area contributed by atoms with E-state index >= 15 is 0 Å². The molecule has 5 N–H and O–H groups in total. The highest BCUT2D eigenvalue weighted by Crippen LogP contribution is 2.18. The summed E-state index contributed by atoms with van der Waals surface area (Å²) in [6.45, 7) is 8.13. The monoisotopic (exact) mass is 585 g/mol. The van der Waals surface area contributed by atoms with Crippen molar-refractivity contribution in [3.05, 3.63) is 0 Å². The number of nitrogens with two attached hydrogens (primary N) is 2. The van der Waals surface area contributed by atoms with Crippen molar-refractivity contribution in [1.82, 2.24) is 0 Å². The lowest BCUT2D eigenvalue weighted by molar-refractivity contribution is -0.147. The van der Waals surface area contributed by atoms with Crippen LogP contribution in [-0.2, 0) is 19.1 Å². The Morgan fingerprint density at radius 2 is 1.17 bits per heavy atom. The molecular weight excluding hydrogens is 516 g/mol. The van der Waals surface area contributed by atoms with Crippen LogP contribution in [0, 0.1) is 0 Å². The van der Waals surface area contributed by atoms with Crippen molar-refractivity contribution < 1.29 is 24.2 Å². The molecule has 0 heterocycles. The van der Waals surface area contributed by atoms with Gasteiger partial charge < -0.3 is 26.0 Å². The Balaban J connectivity index is 3.88. The van der Waals surface area contributed by atoms with Gasteiger partial charge in [0, 0.05) is 38.5 Å². The van der Waals surface area contributed by atoms with Gasteiger partial charge in [-0.15, -0.1) is 0 Å². The predicted molar refractivity (Wildman–Crippen MR) is 171 cm³/mol. The van der Waals surface area contributed by atoms with Gasteiger partial charge in [0.25, 0.3) is 0 Å². The fourth-order valence-electron chi connectivity index (χ4n) is 5.24. The summed E-state index contributed by atoms with van der Waals surface area (Å²) in [7, 11) is 0. The minimum atomic E-state index is -0.399. The summed E-state index contributed by atoms with van der Waals surface area (Å²) < 4.78 is 11.4. The molecule has 0 aromatic carbocycles. The molecule has 0 spiro atoms. The van der Waals surface area contributed by atoms with Gasteiger partial charge in [0.2, 0.25) is 0 Å². The number of carbonyl (C=O) groups excluding carboxylic acids is 2. The van der Waals surface area contributed by atoms with Gasteiger partial charge in [-0.1, -0.05) is 96.8 Å². The average molecular weight is 585 g/mol. The van der Waals surface area contributed by atoms with E-state index in [2.05, 4.69) is 6.92 Å². The van der Waals surface area contributed by atoms with Crippen LogP contribution in [0.5, 0.6) is 0 Å². The van der Waals surface area contributed by atoms with E-state index in [1.54, 1.807) is 0 Å². The third kappa shape index (κ3) is 26.3. The molecule has 0 fully saturated rings. The Bertz CT molecular complexity index is 614. The lowest BCUT2D eigenvalue weighted by atomic mass is 9.99. The second-order valence-electron chi connectivity index (χ2n) is 12.4. The van der Waals surface area contributed by atoms with E-state index in [0.29, 0.717) is 18.6 Å². The third-order valence-corrected chi connectivity index (χ3v) is 8.04. The maximum atomic E-state index is 12.6. The lowest BCUT2D eigenvalue weighted by Gasteiger charge is -2.20. The van der Waals surface area contributed by atoms with Crippen LogP contribution in [0.4, 0.5) is 0 Å². The molecule has 0 amide bonds. The largest absolute Gasteiger partial charge is 0.461 e. The molecule has 0 aliphatic heterocycles. The fraction of sp³-hybridized carbons (Fsp3) is 0.941. The zero-order chi connectivity index (χ0) is 30.7. The maximum absolute atomic E-state index is 12.6. The Morgan fingerprint density at radius 1 is 0.683 bits per heavy atom. The molecule has 0 saturated heterocycles. The lowest BCUT2D eigenvalue weighted by Crippen LogP contribution is -2.35. The van der Waals surface area contributed by atoms with Gasteiger partial charge in [-0.25, -0.2) is 0 Å². The number of aliphatic hydroxyl groups is 1. The Hall–Kier alpha value is -1.02. The summed E-state index contributed by atoms with van der Waals surface area (Å²) in [5.41, 5.74) is 11.6. The maximum Gasteiger partial charge on any atom is 0.302 e. The number of esters is 1. The average Bonchev–Trinajstić information content (AvgIpc) is 2.91. The van der Waals surface area contributed by atoms with Crippen LogP contribution in [0.25, 0.3) is 0 Å². The van der Waals surface area contributed by atoms with Crippen LogP contribution in [0.1, 0.15) is 169 Å². The van der Waals surface area contributed by atoms with E-state index in [1.807, 2.05) is 13.8 Å². The quantitative estimate of drug-likeness (QED) is 0.0588. The molecule has 0 rings (SSSR count). The number of carbonyl (C=O) groups is 2. The summed E-state index contributed by atoms with van der Waals surface area (Å²) in [4.78, 5) is 23.8. The molecule has 0 aromatic heterocycles. The first-order valence-corrected chi connectivity index (χ1v) is 17.2. The van der Waals surface area contributed by atoms with Crippen molar-refractivity contribution in [2.24, 2.45) is 11.5 Å². The standard InChI is InChI=1S/C34H68N2O5/c1-5-6-26-40-32(27-31(38)22-18-14-13-16-20-24-33(39)28(2)35)23-19-15-11-9-7-8-10-12-17-21-25-34(29(3)36)41-30(4)37/h28-29,32-34,39H,5-27,35-36H2,1-4H3/t28-,29-,32-,33-,34-/m1/s1. The first-order valence-electron chi connectivity index (χ1n) is 17.2. The molecule has 0 aliphatic carbocycles. The van der Waals surface area contributed by atoms with Crippen LogP contribution < -0.4 is 11.5 Å². The van der Waals surface area contributed by atoms with Crippen molar-refractivity contribution in [2.75, 3.05) is 6.61 Å². The van der Waals surface area contributed by atoms with Crippen LogP contribution in [0.3, 0.4) is 0 Å². The molecule has 7 heteroatoms. The predicted octanol–water partition coefficient (Wildman–Crippen LogP) is 7.53. The molecule has 5 atom stereocenters. The molecule has 0 bridgehead atoms. The van der Waals surface area contributed by atoms with Gasteiger partial charge in [-0.05, 0) is 52.4 Å². The third-order valence-electron chi connectivity index (χ3n) is 8.04. The highest BCUT2D eigenvalue weighted by Gasteiger charge is 2.16. The summed E-state index contributed by atoms with van der Waals surface area (Å²) in [6, 6.07) is -0.273. The number of ether oxygens (including phenoxy) is 2. The molecule has 0 radical (unpaired) electrons. The summed E-state index contributed by atoms with van der Waals surface area (Å²) in [5, 5.41) is 9.77. The number of hydrogen-bond acceptors (Lipinski definition) is 7. The van der Waals surface area contributed by atoms with Gasteiger partial charge in [0.05, 0.1) is 12.2 Å². The number of ketones is 1. The van der Waals surface area contributed by atoms with Crippen LogP contribution in [-0.4, -0.2) is 53.9 Å². The zero-order valence-electron chi connectivity index (χ0n) is 27.4. The smallest absolute Gasteiger partial charge is 0.302 e. The summed E-state index contributed by atoms with van der Waals surface area (Å²) in [6.07, 6.45) is 23.0. The SMILES string of the molecule is CCCCO[C@H](CCCCCCCCCCCC[C@@H](OC(C)=O)[C@@H](C)N)CC(=O)CCCCCCC[C@@H](O)[C@@H](C)N. The van der Waals surface area contributed by atoms with Gasteiger partial charge in [-0.2, -0.15) is 0 Å². The van der Waals surface area contributed by atoms with Crippen LogP contribution in [0.2, 0.25) is 0 Å². The van der Waals surface area contributed by atoms with Gasteiger partial charge in [-0.3, -0.25) is 9.59 Å². The Morgan fingerprint density at radius 3 is 1.66 bits per heavy atom. The van der Waals surface area contributed by atoms with E-state index in [1.165, 1.54) is 58.3 Å². The van der Waals surface area contributed by atoms with Gasteiger partial charge in [0.15, 0.2) is 0 Å². The topological polar surface area (TPSA) is 125 Å². The van der Waals surface area contributed by atoms with E-state index in [-0.39, 0.29) is 30.3 Å². The van der Waals surface area contributed by atoms with E-state index in [0.717, 1.165) is 83.7 Å². The van der Waals surface area contributed by atoms with Gasteiger partial charge >= 0.3 is 5.97 Å². The Kier molecular flexibility index (Phi) is 27.1. The second kappa shape index (κ2) is 27.8. The molecular formula is C34H68N2O5. The summed E-state index contributed by atoms with van der Waals surface area (Å²) >= 11 is 0. The van der Waals surface area contributed by atoms with Crippen molar-refractivity contribution >= 4 is 11.8 Å². The highest BCUT2D eigenvalue weighted by atomic mass is 16.5. The van der Waals surface area contributed by atoms with E-state index < -0.39 is 6.10 Å². The fourth-order valence-corrected chi connectivity index (χ4v) is 5.24. The van der Waals surface area contributed by atoms with E-state index in [9.17, 15) is 14.7 Å². The summed E-state index contributed by atoms with van der Waals surface area (Å²) in [5.74, 6) is 0.101. The zero-order valence-corrected chi connectivity index (χ0v) is 27.4. The Labute approximate surface area is 253 Å². The number of aliphatic hydroxyl groups excluding tert-OH is 1. The number of unbranched alkanes of at least 4 members (excludes halogenated alkanes) is 14. The van der Waals surface area contributed by atoms with Crippen molar-refractivity contribution in [3.63, 3.8) is 0 Å². The molecule has 0 aromatic rings. The molecule has 0 saturated carbocycles. The molecule has 7 nitrogen and oxygen atoms in total.